The summed E-state index contributed by atoms with van der Waals surface area (Å²) in [6.07, 6.45) is 3.12. The van der Waals surface area contributed by atoms with Crippen LogP contribution in [0.5, 0.6) is 5.88 Å². The Morgan fingerprint density at radius 3 is 2.25 bits per heavy atom. The van der Waals surface area contributed by atoms with Gasteiger partial charge in [-0.05, 0) is 68.3 Å². The van der Waals surface area contributed by atoms with Crippen LogP contribution in [0.3, 0.4) is 0 Å². The minimum atomic E-state index is -4.68. The fraction of sp³-hybridized carbons (Fsp3) is 0.760. The molecule has 3 aliphatic rings. The molecule has 0 unspecified atom stereocenters. The van der Waals surface area contributed by atoms with E-state index in [1.807, 2.05) is 0 Å². The number of alkyl halides is 3. The molecule has 11 heteroatoms. The van der Waals surface area contributed by atoms with Crippen LogP contribution >= 0.6 is 0 Å². The molecule has 0 bridgehead atoms. The first-order valence-corrected chi connectivity index (χ1v) is 14.4. The van der Waals surface area contributed by atoms with Gasteiger partial charge in [-0.15, -0.1) is 0 Å². The number of nitrogens with zero attached hydrogens (tertiary/aromatic N) is 2. The summed E-state index contributed by atoms with van der Waals surface area (Å²) in [5, 5.41) is 2.63. The van der Waals surface area contributed by atoms with Gasteiger partial charge in [-0.25, -0.2) is 13.4 Å². The van der Waals surface area contributed by atoms with Gasteiger partial charge in [0, 0.05) is 20.6 Å². The lowest BCUT2D eigenvalue weighted by Crippen LogP contribution is -2.43. The standard InChI is InChI=1S/C25H36F3N3O4S/c1-31(2)19-12-20(25(26,27)28)30-23(35-3)21(19)22(32)29-15-24(13-16-4-5-16)10-8-18(9-11-24)36(33,34)14-17-6-7-17/h12,16-18H,4-11,13-15H2,1-3H3,(H,29,32)/t18-,24+. The van der Waals surface area contributed by atoms with Gasteiger partial charge in [-0.1, -0.05) is 12.8 Å². The van der Waals surface area contributed by atoms with Crippen LogP contribution < -0.4 is 15.0 Å². The first-order valence-electron chi connectivity index (χ1n) is 12.7. The van der Waals surface area contributed by atoms with Gasteiger partial charge >= 0.3 is 6.18 Å². The number of carbonyl (C=O) groups is 1. The maximum Gasteiger partial charge on any atom is 0.433 e. The molecular weight excluding hydrogens is 495 g/mol. The number of carbonyl (C=O) groups excluding carboxylic acids is 1. The van der Waals surface area contributed by atoms with Crippen molar-refractivity contribution < 1.29 is 31.1 Å². The van der Waals surface area contributed by atoms with Crippen molar-refractivity contribution >= 4 is 21.4 Å². The number of anilines is 1. The molecule has 7 nitrogen and oxygen atoms in total. The van der Waals surface area contributed by atoms with Crippen molar-refractivity contribution in [2.24, 2.45) is 17.3 Å². The molecule has 1 heterocycles. The van der Waals surface area contributed by atoms with E-state index >= 15 is 0 Å². The van der Waals surface area contributed by atoms with Crippen LogP contribution in [-0.2, 0) is 16.0 Å². The third-order valence-corrected chi connectivity index (χ3v) is 10.3. The number of sulfone groups is 1. The van der Waals surface area contributed by atoms with Gasteiger partial charge in [0.25, 0.3) is 5.91 Å². The molecular formula is C25H36F3N3O4S. The van der Waals surface area contributed by atoms with Gasteiger partial charge in [-0.3, -0.25) is 4.79 Å². The summed E-state index contributed by atoms with van der Waals surface area (Å²) in [6.45, 7) is 0.342. The normalized spacial score (nSPS) is 24.9. The molecule has 1 N–H and O–H groups in total. The minimum absolute atomic E-state index is 0.0437. The second kappa shape index (κ2) is 10.0. The van der Waals surface area contributed by atoms with Crippen molar-refractivity contribution in [3.8, 4) is 5.88 Å². The summed E-state index contributed by atoms with van der Waals surface area (Å²) >= 11 is 0. The van der Waals surface area contributed by atoms with Crippen LogP contribution in [0.15, 0.2) is 6.07 Å². The van der Waals surface area contributed by atoms with Crippen LogP contribution in [0.25, 0.3) is 0 Å². The molecule has 0 atom stereocenters. The van der Waals surface area contributed by atoms with E-state index in [1.165, 1.54) is 12.0 Å². The van der Waals surface area contributed by atoms with E-state index in [4.69, 9.17) is 4.74 Å². The number of amides is 1. The summed E-state index contributed by atoms with van der Waals surface area (Å²) < 4.78 is 70.8. The second-order valence-corrected chi connectivity index (χ2v) is 13.4. The van der Waals surface area contributed by atoms with Gasteiger partial charge in [0.05, 0.1) is 23.8 Å². The number of hydrogen-bond acceptors (Lipinski definition) is 6. The van der Waals surface area contributed by atoms with E-state index in [0.717, 1.165) is 38.2 Å². The second-order valence-electron chi connectivity index (χ2n) is 11.1. The number of hydrogen-bond donors (Lipinski definition) is 1. The Morgan fingerprint density at radius 2 is 1.75 bits per heavy atom. The van der Waals surface area contributed by atoms with Gasteiger partial charge in [0.2, 0.25) is 5.88 Å². The van der Waals surface area contributed by atoms with Crippen molar-refractivity contribution in [3.05, 3.63) is 17.3 Å². The number of methoxy groups -OCH3 is 1. The minimum Gasteiger partial charge on any atom is -0.480 e. The van der Waals surface area contributed by atoms with E-state index < -0.39 is 27.6 Å². The predicted molar refractivity (Wildman–Crippen MR) is 131 cm³/mol. The highest BCUT2D eigenvalue weighted by Gasteiger charge is 2.44. The van der Waals surface area contributed by atoms with Gasteiger partial charge in [0.15, 0.2) is 15.5 Å². The van der Waals surface area contributed by atoms with E-state index in [1.54, 1.807) is 14.1 Å². The molecule has 3 aliphatic carbocycles. The van der Waals surface area contributed by atoms with Crippen molar-refractivity contribution in [1.29, 1.82) is 0 Å². The predicted octanol–water partition coefficient (Wildman–Crippen LogP) is 4.46. The highest BCUT2D eigenvalue weighted by molar-refractivity contribution is 7.92. The molecule has 0 spiro atoms. The molecule has 202 valence electrons. The van der Waals surface area contributed by atoms with Gasteiger partial charge < -0.3 is 15.0 Å². The average molecular weight is 532 g/mol. The summed E-state index contributed by atoms with van der Waals surface area (Å²) in [6, 6.07) is 0.854. The van der Waals surface area contributed by atoms with Crippen LogP contribution in [0.2, 0.25) is 0 Å². The summed E-state index contributed by atoms with van der Waals surface area (Å²) in [5.74, 6) is 0.275. The molecule has 0 aromatic carbocycles. The van der Waals surface area contributed by atoms with Crippen LogP contribution in [0.4, 0.5) is 18.9 Å². The van der Waals surface area contributed by atoms with Gasteiger partial charge in [0.1, 0.15) is 5.56 Å². The quantitative estimate of drug-likeness (QED) is 0.480. The Balaban J connectivity index is 1.50. The molecule has 0 saturated heterocycles. The summed E-state index contributed by atoms with van der Waals surface area (Å²) in [5.41, 5.74) is -1.32. The Morgan fingerprint density at radius 1 is 1.14 bits per heavy atom. The molecule has 36 heavy (non-hydrogen) atoms. The molecule has 1 amide bonds. The smallest absolute Gasteiger partial charge is 0.433 e. The average Bonchev–Trinajstić information content (AvgIpc) is 3.74. The zero-order valence-corrected chi connectivity index (χ0v) is 22.0. The van der Waals surface area contributed by atoms with Crippen molar-refractivity contribution in [3.63, 3.8) is 0 Å². The topological polar surface area (TPSA) is 88.6 Å². The maximum absolute atomic E-state index is 13.4. The Labute approximate surface area is 211 Å². The van der Waals surface area contributed by atoms with Crippen molar-refractivity contribution in [1.82, 2.24) is 10.3 Å². The molecule has 3 fully saturated rings. The van der Waals surface area contributed by atoms with E-state index in [9.17, 15) is 26.4 Å². The van der Waals surface area contributed by atoms with Gasteiger partial charge in [-0.2, -0.15) is 13.2 Å². The number of aromatic nitrogens is 1. The van der Waals surface area contributed by atoms with E-state index in [2.05, 4.69) is 10.3 Å². The fourth-order valence-corrected chi connectivity index (χ4v) is 7.64. The number of nitrogens with one attached hydrogen (secondary N) is 1. The van der Waals surface area contributed by atoms with E-state index in [0.29, 0.717) is 44.1 Å². The highest BCUT2D eigenvalue weighted by Crippen LogP contribution is 2.49. The SMILES string of the molecule is COc1nc(C(F)(F)F)cc(N(C)C)c1C(=O)NC[C@]1(CC2CC2)CC[C@H](S(=O)(=O)CC2CC2)CC1. The van der Waals surface area contributed by atoms with Crippen LogP contribution in [0.1, 0.15) is 73.8 Å². The lowest BCUT2D eigenvalue weighted by atomic mass is 9.70. The summed E-state index contributed by atoms with van der Waals surface area (Å²) in [4.78, 5) is 18.3. The Bertz CT molecular complexity index is 1070. The van der Waals surface area contributed by atoms with Crippen molar-refractivity contribution in [2.75, 3.05) is 38.4 Å². The number of rotatable bonds is 10. The first kappa shape index (κ1) is 27.0. The molecule has 1 aromatic rings. The largest absolute Gasteiger partial charge is 0.480 e. The molecule has 0 aliphatic heterocycles. The Kier molecular flexibility index (Phi) is 7.52. The summed E-state index contributed by atoms with van der Waals surface area (Å²) in [7, 11) is 1.20. The van der Waals surface area contributed by atoms with E-state index in [-0.39, 0.29) is 33.5 Å². The number of ether oxygens (including phenoxy) is 1. The monoisotopic (exact) mass is 531 g/mol. The Hall–Kier alpha value is -2.04. The number of pyridine rings is 1. The van der Waals surface area contributed by atoms with Crippen LogP contribution in [0, 0.1) is 17.3 Å². The van der Waals surface area contributed by atoms with Crippen molar-refractivity contribution in [2.45, 2.75) is 69.2 Å². The zero-order valence-electron chi connectivity index (χ0n) is 21.2. The highest BCUT2D eigenvalue weighted by atomic mass is 32.2. The third-order valence-electron chi connectivity index (χ3n) is 7.87. The third kappa shape index (κ3) is 6.26. The molecule has 4 rings (SSSR count). The number of halogens is 3. The zero-order chi connectivity index (χ0) is 26.3. The molecule has 0 radical (unpaired) electrons. The fourth-order valence-electron chi connectivity index (χ4n) is 5.42. The molecule has 1 aromatic heterocycles. The lowest BCUT2D eigenvalue weighted by Gasteiger charge is -2.40. The lowest BCUT2D eigenvalue weighted by molar-refractivity contribution is -0.141. The molecule has 3 saturated carbocycles. The maximum atomic E-state index is 13.4. The first-order chi connectivity index (χ1) is 16.8. The van der Waals surface area contributed by atoms with Crippen LogP contribution in [-0.4, -0.2) is 58.1 Å².